The molecular weight excluding hydrogens is 543 g/mol. The lowest BCUT2D eigenvalue weighted by Gasteiger charge is -2.34. The highest BCUT2D eigenvalue weighted by Gasteiger charge is 2.40. The third kappa shape index (κ3) is 4.78. The zero-order valence-corrected chi connectivity index (χ0v) is 24.0. The molecule has 3 fully saturated rings. The van der Waals surface area contributed by atoms with Crippen LogP contribution in [0.5, 0.6) is 6.01 Å². The summed E-state index contributed by atoms with van der Waals surface area (Å²) >= 11 is 6.58. The molecule has 0 amide bonds. The average molecular weight is 577 g/mol. The minimum absolute atomic E-state index is 0.0730. The van der Waals surface area contributed by atoms with E-state index in [-0.39, 0.29) is 35.3 Å². The fourth-order valence-corrected chi connectivity index (χ4v) is 7.17. The highest BCUT2D eigenvalue weighted by Crippen LogP contribution is 2.38. The summed E-state index contributed by atoms with van der Waals surface area (Å²) in [6.45, 7) is 7.06. The van der Waals surface area contributed by atoms with Crippen molar-refractivity contribution in [3.05, 3.63) is 53.4 Å². The Morgan fingerprint density at radius 3 is 2.80 bits per heavy atom. The molecule has 7 rings (SSSR count). The maximum Gasteiger partial charge on any atom is 0.319 e. The number of aromatic nitrogens is 3. The Morgan fingerprint density at radius 1 is 1.17 bits per heavy atom. The number of rotatable bonds is 6. The molecule has 214 valence electrons. The number of aliphatic hydroxyl groups is 1. The van der Waals surface area contributed by atoms with Crippen LogP contribution in [0.1, 0.15) is 33.1 Å². The number of anilines is 1. The van der Waals surface area contributed by atoms with Gasteiger partial charge in [0.2, 0.25) is 0 Å². The molecule has 8 nitrogen and oxygen atoms in total. The number of benzene rings is 2. The van der Waals surface area contributed by atoms with Crippen molar-refractivity contribution in [2.45, 2.75) is 63.4 Å². The third-order valence-electron chi connectivity index (χ3n) is 8.84. The predicted molar refractivity (Wildman–Crippen MR) is 159 cm³/mol. The van der Waals surface area contributed by atoms with E-state index in [1.807, 2.05) is 30.3 Å². The van der Waals surface area contributed by atoms with E-state index in [9.17, 15) is 5.11 Å². The number of halogens is 2. The SMILES string of the molecule is CC(C)N1CCC[C@H]1COc1nc(N2CC3N[C@H](CC3O)C2)c2cnc(-c3cccc4cccc(Cl)c34)c(F)c2n1. The van der Waals surface area contributed by atoms with Crippen molar-refractivity contribution < 1.29 is 14.2 Å². The highest BCUT2D eigenvalue weighted by atomic mass is 35.5. The standard InChI is InChI=1S/C31H34ClFN6O2/c1-17(2)39-11-5-8-20(39)16-41-31-36-29-22(30(37-31)38-14-19-12-25(40)24(15-38)35-19)13-34-28(27(29)33)21-9-3-6-18-7-4-10-23(32)26(18)21/h3-4,6-7,9-10,13,17,19-20,24-25,35,40H,5,8,11-12,14-16H2,1-2H3/t19-,20+,24?,25?/m1/s1. The van der Waals surface area contributed by atoms with Crippen molar-refractivity contribution >= 4 is 39.1 Å². The smallest absolute Gasteiger partial charge is 0.319 e. The fraction of sp³-hybridized carbons (Fsp3) is 0.452. The van der Waals surface area contributed by atoms with E-state index in [0.717, 1.165) is 30.2 Å². The summed E-state index contributed by atoms with van der Waals surface area (Å²) in [4.78, 5) is 18.6. The van der Waals surface area contributed by atoms with Crippen molar-refractivity contribution in [1.29, 1.82) is 0 Å². The van der Waals surface area contributed by atoms with Crippen LogP contribution in [0.15, 0.2) is 42.6 Å². The van der Waals surface area contributed by atoms with Gasteiger partial charge in [0.25, 0.3) is 0 Å². The topological polar surface area (TPSA) is 86.6 Å². The number of likely N-dealkylation sites (tertiary alicyclic amines) is 1. The quantitative estimate of drug-likeness (QED) is 0.338. The number of hydrogen-bond acceptors (Lipinski definition) is 8. The second-order valence-corrected chi connectivity index (χ2v) is 12.2. The highest BCUT2D eigenvalue weighted by molar-refractivity contribution is 6.36. The summed E-state index contributed by atoms with van der Waals surface area (Å²) in [5.41, 5.74) is 0.957. The maximum atomic E-state index is 16.5. The normalized spacial score (nSPS) is 24.7. The van der Waals surface area contributed by atoms with Crippen LogP contribution in [-0.4, -0.2) is 81.5 Å². The molecule has 10 heteroatoms. The van der Waals surface area contributed by atoms with Gasteiger partial charge in [-0.3, -0.25) is 9.88 Å². The van der Waals surface area contributed by atoms with Crippen LogP contribution in [0, 0.1) is 5.82 Å². The molecule has 3 aliphatic heterocycles. The molecule has 5 heterocycles. The lowest BCUT2D eigenvalue weighted by molar-refractivity contribution is 0.138. The molecular formula is C31H34ClFN6O2. The van der Waals surface area contributed by atoms with Gasteiger partial charge in [-0.05, 0) is 51.1 Å². The van der Waals surface area contributed by atoms with Crippen LogP contribution in [0.3, 0.4) is 0 Å². The minimum Gasteiger partial charge on any atom is -0.462 e. The van der Waals surface area contributed by atoms with Crippen LogP contribution >= 0.6 is 11.6 Å². The first-order chi connectivity index (χ1) is 19.9. The number of piperazine rings is 1. The fourth-order valence-electron chi connectivity index (χ4n) is 6.89. The predicted octanol–water partition coefficient (Wildman–Crippen LogP) is 4.80. The Morgan fingerprint density at radius 2 is 2.00 bits per heavy atom. The molecule has 0 saturated carbocycles. The molecule has 3 aliphatic rings. The van der Waals surface area contributed by atoms with Crippen LogP contribution in [0.4, 0.5) is 10.2 Å². The summed E-state index contributed by atoms with van der Waals surface area (Å²) in [5, 5.41) is 16.7. The van der Waals surface area contributed by atoms with Crippen molar-refractivity contribution in [2.24, 2.45) is 0 Å². The number of nitrogens with one attached hydrogen (secondary N) is 1. The lowest BCUT2D eigenvalue weighted by Crippen LogP contribution is -2.53. The number of aliphatic hydroxyl groups excluding tert-OH is 1. The van der Waals surface area contributed by atoms with Gasteiger partial charge in [-0.25, -0.2) is 4.39 Å². The number of nitrogens with zero attached hydrogens (tertiary/aromatic N) is 5. The first-order valence-electron chi connectivity index (χ1n) is 14.5. The van der Waals surface area contributed by atoms with Gasteiger partial charge in [-0.1, -0.05) is 41.9 Å². The molecule has 2 bridgehead atoms. The number of hydrogen-bond donors (Lipinski definition) is 2. The van der Waals surface area contributed by atoms with Crippen molar-refractivity contribution in [2.75, 3.05) is 31.1 Å². The Kier molecular flexibility index (Phi) is 6.93. The molecule has 2 unspecified atom stereocenters. The number of pyridine rings is 1. The van der Waals surface area contributed by atoms with Crippen LogP contribution < -0.4 is 15.0 Å². The third-order valence-corrected chi connectivity index (χ3v) is 9.16. The molecule has 4 aromatic rings. The first-order valence-corrected chi connectivity index (χ1v) is 14.9. The van der Waals surface area contributed by atoms with E-state index in [1.165, 1.54) is 0 Å². The van der Waals surface area contributed by atoms with E-state index in [2.05, 4.69) is 38.9 Å². The van der Waals surface area contributed by atoms with E-state index in [4.69, 9.17) is 21.3 Å². The van der Waals surface area contributed by atoms with Gasteiger partial charge in [-0.15, -0.1) is 0 Å². The van der Waals surface area contributed by atoms with E-state index in [0.29, 0.717) is 53.9 Å². The van der Waals surface area contributed by atoms with Gasteiger partial charge >= 0.3 is 6.01 Å². The Bertz CT molecular complexity index is 1610. The molecule has 4 atom stereocenters. The molecule has 0 radical (unpaired) electrons. The second kappa shape index (κ2) is 10.6. The lowest BCUT2D eigenvalue weighted by atomic mass is 10.0. The van der Waals surface area contributed by atoms with Gasteiger partial charge < -0.3 is 20.1 Å². The largest absolute Gasteiger partial charge is 0.462 e. The second-order valence-electron chi connectivity index (χ2n) is 11.8. The van der Waals surface area contributed by atoms with Crippen molar-refractivity contribution in [1.82, 2.24) is 25.2 Å². The molecule has 2 aromatic carbocycles. The summed E-state index contributed by atoms with van der Waals surface area (Å²) in [5.74, 6) is 0.0443. The molecule has 2 N–H and O–H groups in total. The van der Waals surface area contributed by atoms with Crippen LogP contribution in [0.2, 0.25) is 5.02 Å². The van der Waals surface area contributed by atoms with Gasteiger partial charge in [0.1, 0.15) is 23.6 Å². The zero-order valence-electron chi connectivity index (χ0n) is 23.2. The summed E-state index contributed by atoms with van der Waals surface area (Å²) in [6, 6.07) is 12.2. The summed E-state index contributed by atoms with van der Waals surface area (Å²) in [7, 11) is 0. The molecule has 2 aromatic heterocycles. The van der Waals surface area contributed by atoms with Crippen LogP contribution in [0.25, 0.3) is 32.9 Å². The Labute approximate surface area is 243 Å². The molecule has 41 heavy (non-hydrogen) atoms. The van der Waals surface area contributed by atoms with Crippen LogP contribution in [-0.2, 0) is 0 Å². The molecule has 0 spiro atoms. The van der Waals surface area contributed by atoms with E-state index >= 15 is 4.39 Å². The number of fused-ring (bicyclic) bond motifs is 4. The van der Waals surface area contributed by atoms with Gasteiger partial charge in [0.15, 0.2) is 5.82 Å². The van der Waals surface area contributed by atoms with Gasteiger partial charge in [-0.2, -0.15) is 9.97 Å². The van der Waals surface area contributed by atoms with Crippen molar-refractivity contribution in [3.8, 4) is 17.3 Å². The Hall–Kier alpha value is -3.11. The van der Waals surface area contributed by atoms with E-state index < -0.39 is 11.9 Å². The Balaban J connectivity index is 1.33. The number of ether oxygens (including phenoxy) is 1. The van der Waals surface area contributed by atoms with Gasteiger partial charge in [0.05, 0.1) is 17.5 Å². The molecule has 0 aliphatic carbocycles. The minimum atomic E-state index is -0.536. The zero-order chi connectivity index (χ0) is 28.2. The average Bonchev–Trinajstić information content (AvgIpc) is 3.54. The molecule has 3 saturated heterocycles. The van der Waals surface area contributed by atoms with E-state index in [1.54, 1.807) is 12.3 Å². The summed E-state index contributed by atoms with van der Waals surface area (Å²) < 4.78 is 22.8. The maximum absolute atomic E-state index is 16.5. The first kappa shape index (κ1) is 26.8. The van der Waals surface area contributed by atoms with Crippen molar-refractivity contribution in [3.63, 3.8) is 0 Å². The summed E-state index contributed by atoms with van der Waals surface area (Å²) in [6.07, 6.45) is 4.08. The van der Waals surface area contributed by atoms with Gasteiger partial charge in [0, 0.05) is 53.4 Å². The monoisotopic (exact) mass is 576 g/mol.